The third kappa shape index (κ3) is 2.81. The highest BCUT2D eigenvalue weighted by Crippen LogP contribution is 2.38. The number of hydrogen-bond donors (Lipinski definition) is 1. The van der Waals surface area contributed by atoms with Crippen molar-refractivity contribution in [2.75, 3.05) is 5.32 Å². The van der Waals surface area contributed by atoms with Crippen molar-refractivity contribution in [3.8, 4) is 0 Å². The zero-order valence-electron chi connectivity index (χ0n) is 11.2. The molecule has 2 aromatic rings. The molecule has 19 heavy (non-hydrogen) atoms. The Morgan fingerprint density at radius 2 is 2.37 bits per heavy atom. The number of anilines is 1. The van der Waals surface area contributed by atoms with E-state index < -0.39 is 0 Å². The van der Waals surface area contributed by atoms with Crippen LogP contribution in [0.15, 0.2) is 18.5 Å². The van der Waals surface area contributed by atoms with Gasteiger partial charge in [-0.15, -0.1) is 11.3 Å². The van der Waals surface area contributed by atoms with Crippen LogP contribution in [0.5, 0.6) is 0 Å². The van der Waals surface area contributed by atoms with Gasteiger partial charge in [-0.2, -0.15) is 5.10 Å². The Morgan fingerprint density at radius 1 is 1.53 bits per heavy atom. The van der Waals surface area contributed by atoms with Gasteiger partial charge in [-0.25, -0.2) is 0 Å². The summed E-state index contributed by atoms with van der Waals surface area (Å²) in [6, 6.07) is 3.21. The normalized spacial score (nSPS) is 18.6. The summed E-state index contributed by atoms with van der Waals surface area (Å²) in [5.74, 6) is 0. The van der Waals surface area contributed by atoms with Crippen LogP contribution in [0, 0.1) is 2.88 Å². The molecule has 1 N–H and O–H groups in total. The summed E-state index contributed by atoms with van der Waals surface area (Å²) in [4.78, 5) is 1.56. The topological polar surface area (TPSA) is 29.9 Å². The lowest BCUT2D eigenvalue weighted by Crippen LogP contribution is -2.15. The highest BCUT2D eigenvalue weighted by molar-refractivity contribution is 14.1. The summed E-state index contributed by atoms with van der Waals surface area (Å²) in [5.41, 5.74) is 2.63. The molecule has 3 nitrogen and oxygen atoms in total. The van der Waals surface area contributed by atoms with Crippen molar-refractivity contribution in [1.29, 1.82) is 0 Å². The summed E-state index contributed by atoms with van der Waals surface area (Å²) in [7, 11) is 0. The fourth-order valence-corrected chi connectivity index (χ4v) is 4.69. The number of nitrogens with one attached hydrogen (secondary N) is 1. The number of halogens is 1. The minimum absolute atomic E-state index is 0.416. The van der Waals surface area contributed by atoms with Crippen molar-refractivity contribution in [1.82, 2.24) is 9.78 Å². The van der Waals surface area contributed by atoms with Crippen LogP contribution in [-0.4, -0.2) is 9.78 Å². The molecule has 1 unspecified atom stereocenters. The Bertz CT molecular complexity index is 573. The van der Waals surface area contributed by atoms with E-state index in [-0.39, 0.29) is 0 Å². The maximum atomic E-state index is 4.40. The van der Waals surface area contributed by atoms with Gasteiger partial charge in [0.1, 0.15) is 0 Å². The van der Waals surface area contributed by atoms with Gasteiger partial charge in [0.05, 0.1) is 20.8 Å². The molecule has 3 rings (SSSR count). The quantitative estimate of drug-likeness (QED) is 0.779. The molecule has 0 saturated carbocycles. The number of rotatable bonds is 3. The van der Waals surface area contributed by atoms with Crippen LogP contribution in [0.1, 0.15) is 49.2 Å². The Kier molecular flexibility index (Phi) is 3.84. The van der Waals surface area contributed by atoms with Crippen LogP contribution >= 0.6 is 33.9 Å². The minimum Gasteiger partial charge on any atom is -0.376 e. The molecule has 0 fully saturated rings. The highest BCUT2D eigenvalue weighted by Gasteiger charge is 2.22. The molecule has 0 aliphatic heterocycles. The monoisotopic (exact) mass is 387 g/mol. The van der Waals surface area contributed by atoms with Crippen molar-refractivity contribution < 1.29 is 0 Å². The van der Waals surface area contributed by atoms with Gasteiger partial charge in [-0.05, 0) is 67.3 Å². The molecule has 1 atom stereocenters. The molecule has 2 aromatic heterocycles. The smallest absolute Gasteiger partial charge is 0.0731 e. The van der Waals surface area contributed by atoms with E-state index in [4.69, 9.17) is 0 Å². The van der Waals surface area contributed by atoms with Gasteiger partial charge in [-0.1, -0.05) is 0 Å². The molecule has 0 saturated heterocycles. The first-order valence-electron chi connectivity index (χ1n) is 6.72. The molecule has 102 valence electrons. The lowest BCUT2D eigenvalue weighted by atomic mass is 9.94. The standard InChI is InChI=1S/C14H18IN3S/c1-9(2)18-8-10(7-16-18)17-12-4-3-5-13-11(12)6-14(15)19-13/h6-9,12,17H,3-5H2,1-2H3. The average molecular weight is 387 g/mol. The maximum Gasteiger partial charge on any atom is 0.0731 e. The van der Waals surface area contributed by atoms with E-state index in [9.17, 15) is 0 Å². The Balaban J connectivity index is 1.80. The maximum absolute atomic E-state index is 4.40. The van der Waals surface area contributed by atoms with Crippen LogP contribution < -0.4 is 5.32 Å². The van der Waals surface area contributed by atoms with E-state index in [2.05, 4.69) is 59.1 Å². The van der Waals surface area contributed by atoms with Crippen molar-refractivity contribution >= 4 is 39.6 Å². The van der Waals surface area contributed by atoms with Crippen LogP contribution in [-0.2, 0) is 6.42 Å². The highest BCUT2D eigenvalue weighted by atomic mass is 127. The fraction of sp³-hybridized carbons (Fsp3) is 0.500. The van der Waals surface area contributed by atoms with Gasteiger partial charge in [-0.3, -0.25) is 4.68 Å². The molecular formula is C14H18IN3S. The molecule has 0 spiro atoms. The number of hydrogen-bond acceptors (Lipinski definition) is 3. The minimum atomic E-state index is 0.416. The first-order chi connectivity index (χ1) is 9.13. The molecule has 0 radical (unpaired) electrons. The van der Waals surface area contributed by atoms with Crippen LogP contribution in [0.3, 0.4) is 0 Å². The first-order valence-corrected chi connectivity index (χ1v) is 8.62. The zero-order chi connectivity index (χ0) is 13.4. The second-order valence-electron chi connectivity index (χ2n) is 5.32. The summed E-state index contributed by atoms with van der Waals surface area (Å²) in [6.07, 6.45) is 7.78. The van der Waals surface area contributed by atoms with E-state index in [1.807, 2.05) is 22.2 Å². The summed E-state index contributed by atoms with van der Waals surface area (Å²) < 4.78 is 3.40. The predicted molar refractivity (Wildman–Crippen MR) is 88.9 cm³/mol. The fourth-order valence-electron chi connectivity index (χ4n) is 2.57. The summed E-state index contributed by atoms with van der Waals surface area (Å²) >= 11 is 4.37. The SMILES string of the molecule is CC(C)n1cc(NC2CCCc3sc(I)cc32)cn1. The first kappa shape index (κ1) is 13.4. The van der Waals surface area contributed by atoms with Crippen molar-refractivity contribution in [2.45, 2.75) is 45.2 Å². The van der Waals surface area contributed by atoms with E-state index in [0.717, 1.165) is 5.69 Å². The molecule has 0 amide bonds. The second-order valence-corrected chi connectivity index (χ2v) is 8.35. The van der Waals surface area contributed by atoms with E-state index in [1.54, 1.807) is 4.88 Å². The summed E-state index contributed by atoms with van der Waals surface area (Å²) in [6.45, 7) is 4.30. The zero-order valence-corrected chi connectivity index (χ0v) is 14.2. The average Bonchev–Trinajstić information content (AvgIpc) is 2.95. The summed E-state index contributed by atoms with van der Waals surface area (Å²) in [5, 5.41) is 8.04. The van der Waals surface area contributed by atoms with Crippen LogP contribution in [0.25, 0.3) is 0 Å². The molecule has 2 heterocycles. The van der Waals surface area contributed by atoms with Gasteiger partial charge < -0.3 is 5.32 Å². The molecule has 0 bridgehead atoms. The van der Waals surface area contributed by atoms with Crippen LogP contribution in [0.4, 0.5) is 5.69 Å². The number of fused-ring (bicyclic) bond motifs is 1. The van der Waals surface area contributed by atoms with E-state index in [0.29, 0.717) is 12.1 Å². The van der Waals surface area contributed by atoms with Gasteiger partial charge in [0.25, 0.3) is 0 Å². The lowest BCUT2D eigenvalue weighted by Gasteiger charge is -2.23. The number of nitrogens with zero attached hydrogens (tertiary/aromatic N) is 2. The predicted octanol–water partition coefficient (Wildman–Crippen LogP) is 4.62. The molecule has 1 aliphatic rings. The number of aromatic nitrogens is 2. The van der Waals surface area contributed by atoms with Gasteiger partial charge in [0, 0.05) is 17.1 Å². The second kappa shape index (κ2) is 5.44. The Labute approximate surface area is 131 Å². The van der Waals surface area contributed by atoms with E-state index in [1.165, 1.54) is 27.7 Å². The van der Waals surface area contributed by atoms with Gasteiger partial charge in [0.15, 0.2) is 0 Å². The van der Waals surface area contributed by atoms with Crippen molar-refractivity contribution in [3.05, 3.63) is 31.8 Å². The number of aryl methyl sites for hydroxylation is 1. The molecule has 0 aromatic carbocycles. The lowest BCUT2D eigenvalue weighted by molar-refractivity contribution is 0.532. The largest absolute Gasteiger partial charge is 0.376 e. The van der Waals surface area contributed by atoms with E-state index >= 15 is 0 Å². The van der Waals surface area contributed by atoms with Crippen molar-refractivity contribution in [2.24, 2.45) is 0 Å². The third-order valence-corrected chi connectivity index (χ3v) is 5.53. The molecular weight excluding hydrogens is 369 g/mol. The van der Waals surface area contributed by atoms with Gasteiger partial charge >= 0.3 is 0 Å². The Hall–Kier alpha value is -0.560. The molecule has 5 heteroatoms. The van der Waals surface area contributed by atoms with Crippen LogP contribution in [0.2, 0.25) is 0 Å². The van der Waals surface area contributed by atoms with Crippen molar-refractivity contribution in [3.63, 3.8) is 0 Å². The van der Waals surface area contributed by atoms with Gasteiger partial charge in [0.2, 0.25) is 0 Å². The molecule has 1 aliphatic carbocycles. The Morgan fingerprint density at radius 3 is 3.11 bits per heavy atom. The third-order valence-electron chi connectivity index (χ3n) is 3.56. The number of thiophene rings is 1.